The van der Waals surface area contributed by atoms with Crippen LogP contribution >= 0.6 is 0 Å². The van der Waals surface area contributed by atoms with Crippen LogP contribution < -0.4 is 0 Å². The molecular weight excluding hydrogens is 153 g/mol. The fourth-order valence-corrected chi connectivity index (χ4v) is 0.307. The van der Waals surface area contributed by atoms with E-state index >= 15 is 0 Å². The summed E-state index contributed by atoms with van der Waals surface area (Å²) >= 11 is 0. The summed E-state index contributed by atoms with van der Waals surface area (Å²) in [5.41, 5.74) is 0. The zero-order valence-corrected chi connectivity index (χ0v) is 4.72. The highest BCUT2D eigenvalue weighted by molar-refractivity contribution is 5.71. The lowest BCUT2D eigenvalue weighted by atomic mass is 10.2. The summed E-state index contributed by atoms with van der Waals surface area (Å²) in [4.78, 5) is 9.63. The van der Waals surface area contributed by atoms with Gasteiger partial charge in [0.15, 0.2) is 6.10 Å². The van der Waals surface area contributed by atoms with Gasteiger partial charge in [0.2, 0.25) is 0 Å². The normalized spacial score (nSPS) is 14.8. The van der Waals surface area contributed by atoms with Crippen molar-refractivity contribution in [2.24, 2.45) is 0 Å². The Hall–Kier alpha value is -0.780. The quantitative estimate of drug-likeness (QED) is 0.610. The van der Waals surface area contributed by atoms with E-state index in [2.05, 4.69) is 0 Å². The molecule has 0 fully saturated rings. The zero-order valence-electron chi connectivity index (χ0n) is 4.72. The Morgan fingerprint density at radius 1 is 1.50 bits per heavy atom. The molecule has 0 rings (SSSR count). The predicted molar refractivity (Wildman–Crippen MR) is 24.3 cm³/mol. The number of aliphatic carboxylic acids is 1. The summed E-state index contributed by atoms with van der Waals surface area (Å²) in [6, 6.07) is 0. The molecule has 0 saturated carbocycles. The van der Waals surface area contributed by atoms with E-state index in [-0.39, 0.29) is 0 Å². The van der Waals surface area contributed by atoms with Crippen LogP contribution in [0.15, 0.2) is 0 Å². The van der Waals surface area contributed by atoms with Crippen LogP contribution in [0.3, 0.4) is 0 Å². The van der Waals surface area contributed by atoms with Crippen LogP contribution in [-0.2, 0) is 4.79 Å². The molecule has 0 aromatic rings. The molecule has 60 valence electrons. The molecule has 0 heterocycles. The summed E-state index contributed by atoms with van der Waals surface area (Å²) in [5.74, 6) is -1.86. The summed E-state index contributed by atoms with van der Waals surface area (Å²) in [6.45, 7) is 0. The fourth-order valence-electron chi connectivity index (χ4n) is 0.307. The molecule has 0 saturated heterocycles. The average Bonchev–Trinajstić information content (AvgIpc) is 1.60. The Labute approximate surface area is 54.1 Å². The van der Waals surface area contributed by atoms with Gasteiger partial charge in [0.05, 0.1) is 6.42 Å². The van der Waals surface area contributed by atoms with Gasteiger partial charge in [0, 0.05) is 0 Å². The van der Waals surface area contributed by atoms with Gasteiger partial charge < -0.3 is 10.2 Å². The Balaban J connectivity index is 3.80. The van der Waals surface area contributed by atoms with Gasteiger partial charge in [0.25, 0.3) is 0 Å². The van der Waals surface area contributed by atoms with Crippen LogP contribution in [0.25, 0.3) is 0 Å². The predicted octanol–water partition coefficient (Wildman–Crippen LogP) is 0.384. The minimum Gasteiger partial charge on any atom is -0.479 e. The molecule has 2 N–H and O–H groups in total. The molecule has 0 aliphatic heterocycles. The van der Waals surface area contributed by atoms with E-state index < -0.39 is 24.7 Å². The molecule has 0 unspecified atom stereocenters. The first-order chi connectivity index (χ1) is 4.33. The Morgan fingerprint density at radius 3 is 2.00 bits per heavy atom. The van der Waals surface area contributed by atoms with E-state index in [0.717, 1.165) is 0 Å². The second-order valence-electron chi connectivity index (χ2n) is 1.67. The van der Waals surface area contributed by atoms with Crippen molar-refractivity contribution in [3.8, 4) is 0 Å². The molecule has 0 bridgehead atoms. The lowest BCUT2D eigenvalue weighted by Crippen LogP contribution is -2.26. The molecule has 0 radical (unpaired) electrons. The van der Waals surface area contributed by atoms with E-state index in [1.54, 1.807) is 0 Å². The number of carboxylic acids is 1. The van der Waals surface area contributed by atoms with Gasteiger partial charge in [0.1, 0.15) is 0 Å². The molecule has 0 amide bonds. The highest BCUT2D eigenvalue weighted by Gasteiger charge is 2.34. The van der Waals surface area contributed by atoms with Crippen molar-refractivity contribution in [3.05, 3.63) is 0 Å². The van der Waals surface area contributed by atoms with Crippen molar-refractivity contribution < 1.29 is 28.2 Å². The van der Waals surface area contributed by atoms with E-state index in [1.165, 1.54) is 0 Å². The largest absolute Gasteiger partial charge is 0.479 e. The lowest BCUT2D eigenvalue weighted by Gasteiger charge is -2.07. The standard InChI is InChI=1S/C4H5F3O3/c5-4(6,7)1-2(8)3(9)10/h2,8H,1H2,(H,9,10)/t2-/m0/s1. The molecule has 10 heavy (non-hydrogen) atoms. The van der Waals surface area contributed by atoms with Crippen LogP contribution in [0.4, 0.5) is 13.2 Å². The first-order valence-corrected chi connectivity index (χ1v) is 2.30. The highest BCUT2D eigenvalue weighted by atomic mass is 19.4. The second-order valence-corrected chi connectivity index (χ2v) is 1.67. The SMILES string of the molecule is O=C(O)[C@@H](O)CC(F)(F)F. The van der Waals surface area contributed by atoms with Gasteiger partial charge in [-0.1, -0.05) is 0 Å². The third-order valence-corrected chi connectivity index (χ3v) is 0.710. The van der Waals surface area contributed by atoms with Crippen molar-refractivity contribution in [1.82, 2.24) is 0 Å². The molecule has 0 aliphatic carbocycles. The number of rotatable bonds is 2. The average molecular weight is 158 g/mol. The summed E-state index contributed by atoms with van der Waals surface area (Å²) < 4.78 is 33.7. The number of aliphatic hydroxyl groups excluding tert-OH is 1. The van der Waals surface area contributed by atoms with Crippen molar-refractivity contribution in [2.75, 3.05) is 0 Å². The van der Waals surface area contributed by atoms with Crippen molar-refractivity contribution >= 4 is 5.97 Å². The number of carboxylic acid groups (broad SMARTS) is 1. The van der Waals surface area contributed by atoms with Gasteiger partial charge in [-0.15, -0.1) is 0 Å². The topological polar surface area (TPSA) is 57.5 Å². The highest BCUT2D eigenvalue weighted by Crippen LogP contribution is 2.21. The number of halogens is 3. The number of hydrogen-bond acceptors (Lipinski definition) is 2. The lowest BCUT2D eigenvalue weighted by molar-refractivity contribution is -0.172. The zero-order chi connectivity index (χ0) is 8.36. The molecular formula is C4H5F3O3. The molecule has 0 aromatic heterocycles. The van der Waals surface area contributed by atoms with E-state index in [1.807, 2.05) is 0 Å². The molecule has 3 nitrogen and oxygen atoms in total. The van der Waals surface area contributed by atoms with Crippen molar-refractivity contribution in [3.63, 3.8) is 0 Å². The molecule has 1 atom stereocenters. The maximum absolute atomic E-state index is 11.2. The minimum absolute atomic E-state index is 1.71. The van der Waals surface area contributed by atoms with Crippen LogP contribution in [0.5, 0.6) is 0 Å². The number of carbonyl (C=O) groups is 1. The van der Waals surface area contributed by atoms with Gasteiger partial charge in [-0.3, -0.25) is 0 Å². The maximum Gasteiger partial charge on any atom is 0.392 e. The second kappa shape index (κ2) is 2.87. The van der Waals surface area contributed by atoms with Crippen LogP contribution in [-0.4, -0.2) is 28.5 Å². The summed E-state index contributed by atoms with van der Waals surface area (Å²) in [7, 11) is 0. The third kappa shape index (κ3) is 4.13. The summed E-state index contributed by atoms with van der Waals surface area (Å²) in [6.07, 6.45) is -8.68. The molecule has 0 aromatic carbocycles. The third-order valence-electron chi connectivity index (χ3n) is 0.710. The minimum atomic E-state index is -4.63. The number of aliphatic hydroxyl groups is 1. The monoisotopic (exact) mass is 158 g/mol. The molecule has 6 heteroatoms. The van der Waals surface area contributed by atoms with Crippen LogP contribution in [0.1, 0.15) is 6.42 Å². The van der Waals surface area contributed by atoms with E-state index in [4.69, 9.17) is 10.2 Å². The maximum atomic E-state index is 11.2. The molecule has 0 aliphatic rings. The first-order valence-electron chi connectivity index (χ1n) is 2.30. The smallest absolute Gasteiger partial charge is 0.392 e. The van der Waals surface area contributed by atoms with E-state index in [0.29, 0.717) is 0 Å². The van der Waals surface area contributed by atoms with Gasteiger partial charge in [-0.2, -0.15) is 13.2 Å². The summed E-state index contributed by atoms with van der Waals surface area (Å²) in [5, 5.41) is 15.9. The number of alkyl halides is 3. The Morgan fingerprint density at radius 2 is 1.90 bits per heavy atom. The van der Waals surface area contributed by atoms with Crippen molar-refractivity contribution in [2.45, 2.75) is 18.7 Å². The van der Waals surface area contributed by atoms with Crippen LogP contribution in [0.2, 0.25) is 0 Å². The van der Waals surface area contributed by atoms with Gasteiger partial charge >= 0.3 is 12.1 Å². The molecule has 0 spiro atoms. The van der Waals surface area contributed by atoms with Gasteiger partial charge in [-0.05, 0) is 0 Å². The first kappa shape index (κ1) is 9.22. The van der Waals surface area contributed by atoms with Crippen molar-refractivity contribution in [1.29, 1.82) is 0 Å². The Kier molecular flexibility index (Phi) is 2.65. The Bertz CT molecular complexity index is 130. The van der Waals surface area contributed by atoms with E-state index in [9.17, 15) is 18.0 Å². The number of hydrogen-bond donors (Lipinski definition) is 2. The van der Waals surface area contributed by atoms with Crippen LogP contribution in [0, 0.1) is 0 Å². The van der Waals surface area contributed by atoms with Gasteiger partial charge in [-0.25, -0.2) is 4.79 Å². The fraction of sp³-hybridized carbons (Fsp3) is 0.750.